The lowest BCUT2D eigenvalue weighted by atomic mass is 10.1. The summed E-state index contributed by atoms with van der Waals surface area (Å²) in [5, 5.41) is 13.9. The highest BCUT2D eigenvalue weighted by Gasteiger charge is 2.24. The van der Waals surface area contributed by atoms with Gasteiger partial charge in [-0.2, -0.15) is 10.2 Å². The largest absolute Gasteiger partial charge is 0.334 e. The molecule has 0 fully saturated rings. The molecule has 0 saturated carbocycles. The summed E-state index contributed by atoms with van der Waals surface area (Å²) in [5.74, 6) is -0.0933. The minimum Gasteiger partial charge on any atom is -0.334 e. The second kappa shape index (κ2) is 7.28. The molecule has 3 aromatic heterocycles. The molecule has 3 heterocycles. The zero-order valence-electron chi connectivity index (χ0n) is 16.9. The number of nitriles is 1. The van der Waals surface area contributed by atoms with Gasteiger partial charge in [-0.15, -0.1) is 0 Å². The second-order valence-electron chi connectivity index (χ2n) is 7.41. The number of nitrogens with zero attached hydrogens (tertiary/aromatic N) is 6. The average molecular weight is 449 g/mol. The van der Waals surface area contributed by atoms with Crippen LogP contribution >= 0.6 is 11.6 Å². The van der Waals surface area contributed by atoms with E-state index >= 15 is 0 Å². The Balaban J connectivity index is 1.80. The van der Waals surface area contributed by atoms with Crippen molar-refractivity contribution in [2.75, 3.05) is 0 Å². The van der Waals surface area contributed by atoms with Crippen molar-refractivity contribution in [1.29, 1.82) is 5.26 Å². The molecular weight excluding hydrogens is 435 g/mol. The van der Waals surface area contributed by atoms with E-state index in [1.54, 1.807) is 16.5 Å². The van der Waals surface area contributed by atoms with Crippen LogP contribution in [0.25, 0.3) is 39.5 Å². The Morgan fingerprint density at radius 3 is 2.59 bits per heavy atom. The number of hydrogen-bond acceptors (Lipinski definition) is 6. The molecule has 0 atom stereocenters. The van der Waals surface area contributed by atoms with Crippen LogP contribution in [0.3, 0.4) is 0 Å². The van der Waals surface area contributed by atoms with Gasteiger partial charge in [0.25, 0.3) is 11.4 Å². The van der Waals surface area contributed by atoms with Gasteiger partial charge in [-0.3, -0.25) is 9.20 Å². The average Bonchev–Trinajstić information content (AvgIpc) is 3.42. The van der Waals surface area contributed by atoms with Gasteiger partial charge in [-0.1, -0.05) is 16.8 Å². The molecule has 5 rings (SSSR count). The zero-order chi connectivity index (χ0) is 22.6. The van der Waals surface area contributed by atoms with Crippen molar-refractivity contribution in [2.45, 2.75) is 19.9 Å². The molecule has 10 heteroatoms. The highest BCUT2D eigenvalue weighted by Crippen LogP contribution is 2.30. The first kappa shape index (κ1) is 19.9. The summed E-state index contributed by atoms with van der Waals surface area (Å²) in [5.41, 5.74) is 1.87. The third kappa shape index (κ3) is 2.88. The van der Waals surface area contributed by atoms with Crippen molar-refractivity contribution in [3.63, 3.8) is 0 Å². The maximum absolute atomic E-state index is 13.6. The standard InChI is InChI=1S/C22H14ClFN6O2/c1-11(2)30-18-14(9-25)15(23)7-8-16(18)29-10-26-17(19(29)22(30)31)20-27-21(32-28-20)12-3-5-13(24)6-4-12/h3-8,10-11H,1-2H3. The minimum atomic E-state index is -0.383. The van der Waals surface area contributed by atoms with Crippen LogP contribution < -0.4 is 5.56 Å². The predicted molar refractivity (Wildman–Crippen MR) is 116 cm³/mol. The van der Waals surface area contributed by atoms with Crippen LogP contribution in [-0.4, -0.2) is 24.1 Å². The highest BCUT2D eigenvalue weighted by molar-refractivity contribution is 6.32. The molecule has 0 saturated heterocycles. The Labute approximate surface area is 185 Å². The normalized spacial score (nSPS) is 11.5. The van der Waals surface area contributed by atoms with Gasteiger partial charge in [0.05, 0.1) is 21.6 Å². The van der Waals surface area contributed by atoms with E-state index in [9.17, 15) is 14.4 Å². The van der Waals surface area contributed by atoms with E-state index in [0.717, 1.165) is 0 Å². The maximum Gasteiger partial charge on any atom is 0.278 e. The van der Waals surface area contributed by atoms with Gasteiger partial charge in [0.15, 0.2) is 0 Å². The van der Waals surface area contributed by atoms with Gasteiger partial charge in [0.1, 0.15) is 29.4 Å². The van der Waals surface area contributed by atoms with Gasteiger partial charge >= 0.3 is 0 Å². The SMILES string of the molecule is CC(C)n1c(=O)c2c(-c3noc(-c4ccc(F)cc4)n3)ncn2c2ccc(Cl)c(C#N)c21. The summed E-state index contributed by atoms with van der Waals surface area (Å²) >= 11 is 6.24. The monoisotopic (exact) mass is 448 g/mol. The Kier molecular flexibility index (Phi) is 4.53. The fourth-order valence-electron chi connectivity index (χ4n) is 3.74. The van der Waals surface area contributed by atoms with Gasteiger partial charge in [-0.25, -0.2) is 9.37 Å². The van der Waals surface area contributed by atoms with Crippen LogP contribution in [0.15, 0.2) is 52.0 Å². The van der Waals surface area contributed by atoms with Crippen LogP contribution in [0.5, 0.6) is 0 Å². The van der Waals surface area contributed by atoms with Crippen molar-refractivity contribution in [1.82, 2.24) is 24.1 Å². The molecule has 0 aliphatic rings. The number of imidazole rings is 1. The minimum absolute atomic E-state index is 0.119. The van der Waals surface area contributed by atoms with E-state index < -0.39 is 0 Å². The summed E-state index contributed by atoms with van der Waals surface area (Å²) in [6, 6.07) is 10.8. The molecule has 8 nitrogen and oxygen atoms in total. The van der Waals surface area contributed by atoms with E-state index in [-0.39, 0.29) is 50.9 Å². The Bertz CT molecular complexity index is 1610. The Hall–Kier alpha value is -4.03. The van der Waals surface area contributed by atoms with Crippen molar-refractivity contribution < 1.29 is 8.91 Å². The number of halogens is 2. The second-order valence-corrected chi connectivity index (χ2v) is 7.82. The molecule has 0 aliphatic carbocycles. The molecule has 0 bridgehead atoms. The van der Waals surface area contributed by atoms with Crippen molar-refractivity contribution >= 4 is 28.2 Å². The summed E-state index contributed by atoms with van der Waals surface area (Å²) in [4.78, 5) is 22.3. The number of benzene rings is 2. The van der Waals surface area contributed by atoms with E-state index in [1.807, 2.05) is 13.8 Å². The summed E-state index contributed by atoms with van der Waals surface area (Å²) in [6.07, 6.45) is 1.47. The van der Waals surface area contributed by atoms with E-state index in [1.165, 1.54) is 35.2 Å². The van der Waals surface area contributed by atoms with E-state index in [2.05, 4.69) is 21.2 Å². The smallest absolute Gasteiger partial charge is 0.278 e. The summed E-state index contributed by atoms with van der Waals surface area (Å²) in [6.45, 7) is 3.69. The molecule has 0 aliphatic heterocycles. The van der Waals surface area contributed by atoms with Gasteiger partial charge in [0, 0.05) is 11.6 Å². The number of hydrogen-bond donors (Lipinski definition) is 0. The van der Waals surface area contributed by atoms with Gasteiger partial charge < -0.3 is 9.09 Å². The summed E-state index contributed by atoms with van der Waals surface area (Å²) in [7, 11) is 0. The molecule has 0 N–H and O–H groups in total. The molecular formula is C22H14ClFN6O2. The van der Waals surface area contributed by atoms with Gasteiger partial charge in [0.2, 0.25) is 5.82 Å². The van der Waals surface area contributed by atoms with E-state index in [0.29, 0.717) is 16.6 Å². The topological polar surface area (TPSA) is 102 Å². The first-order chi connectivity index (χ1) is 15.4. The molecule has 2 aromatic carbocycles. The lowest BCUT2D eigenvalue weighted by molar-refractivity contribution is 0.432. The Morgan fingerprint density at radius 1 is 1.16 bits per heavy atom. The van der Waals surface area contributed by atoms with Crippen molar-refractivity contribution in [3.8, 4) is 29.0 Å². The molecule has 32 heavy (non-hydrogen) atoms. The fraction of sp³-hybridized carbons (Fsp3) is 0.136. The third-order valence-corrected chi connectivity index (χ3v) is 5.47. The van der Waals surface area contributed by atoms with E-state index in [4.69, 9.17) is 16.1 Å². The molecule has 0 spiro atoms. The van der Waals surface area contributed by atoms with Crippen molar-refractivity contribution in [3.05, 3.63) is 69.5 Å². The molecule has 0 radical (unpaired) electrons. The first-order valence-electron chi connectivity index (χ1n) is 9.64. The number of aromatic nitrogens is 5. The molecule has 158 valence electrons. The van der Waals surface area contributed by atoms with Crippen molar-refractivity contribution in [2.24, 2.45) is 0 Å². The lowest BCUT2D eigenvalue weighted by Crippen LogP contribution is -2.25. The van der Waals surface area contributed by atoms with Crippen LogP contribution in [0.1, 0.15) is 25.5 Å². The van der Waals surface area contributed by atoms with Crippen LogP contribution in [-0.2, 0) is 0 Å². The predicted octanol–water partition coefficient (Wildman–Crippen LogP) is 4.61. The zero-order valence-corrected chi connectivity index (χ0v) is 17.6. The van der Waals surface area contributed by atoms with Crippen LogP contribution in [0.4, 0.5) is 4.39 Å². The first-order valence-corrected chi connectivity index (χ1v) is 10.0. The van der Waals surface area contributed by atoms with Gasteiger partial charge in [-0.05, 0) is 50.2 Å². The van der Waals surface area contributed by atoms with Crippen LogP contribution in [0.2, 0.25) is 5.02 Å². The fourth-order valence-corrected chi connectivity index (χ4v) is 3.93. The number of rotatable bonds is 3. The third-order valence-electron chi connectivity index (χ3n) is 5.15. The maximum atomic E-state index is 13.6. The lowest BCUT2D eigenvalue weighted by Gasteiger charge is -2.17. The quantitative estimate of drug-likeness (QED) is 0.399. The Morgan fingerprint density at radius 2 is 1.91 bits per heavy atom. The molecule has 0 amide bonds. The number of fused-ring (bicyclic) bond motifs is 3. The summed E-state index contributed by atoms with van der Waals surface area (Å²) < 4.78 is 21.6. The highest BCUT2D eigenvalue weighted by atomic mass is 35.5. The molecule has 5 aromatic rings. The van der Waals surface area contributed by atoms with Crippen LogP contribution in [0, 0.1) is 17.1 Å². The molecule has 0 unspecified atom stereocenters.